The summed E-state index contributed by atoms with van der Waals surface area (Å²) in [7, 11) is 0. The van der Waals surface area contributed by atoms with Gasteiger partial charge in [0.25, 0.3) is 0 Å². The van der Waals surface area contributed by atoms with Crippen molar-refractivity contribution in [2.75, 3.05) is 13.1 Å². The van der Waals surface area contributed by atoms with Gasteiger partial charge in [0, 0.05) is 13.1 Å². The molecule has 4 nitrogen and oxygen atoms in total. The van der Waals surface area contributed by atoms with Crippen LogP contribution in [0.3, 0.4) is 0 Å². The van der Waals surface area contributed by atoms with Gasteiger partial charge in [-0.15, -0.1) is 0 Å². The molecule has 0 spiro atoms. The van der Waals surface area contributed by atoms with E-state index < -0.39 is 11.9 Å². The average molecular weight is 291 g/mol. The third kappa shape index (κ3) is 2.60. The van der Waals surface area contributed by atoms with E-state index in [9.17, 15) is 14.7 Å². The summed E-state index contributed by atoms with van der Waals surface area (Å²) in [5.74, 6) is -0.394. The monoisotopic (exact) mass is 291 g/mol. The number of carboxylic acids is 1. The number of hydrogen-bond donors (Lipinski definition) is 1. The summed E-state index contributed by atoms with van der Waals surface area (Å²) in [4.78, 5) is 26.6. The maximum Gasteiger partial charge on any atom is 0.307 e. The molecule has 1 aliphatic heterocycles. The highest BCUT2D eigenvalue weighted by molar-refractivity contribution is 5.86. The molecule has 1 saturated heterocycles. The Kier molecular flexibility index (Phi) is 3.80. The van der Waals surface area contributed by atoms with Crippen LogP contribution in [-0.2, 0) is 9.59 Å². The first-order valence-electron chi connectivity index (χ1n) is 8.17. The van der Waals surface area contributed by atoms with Crippen LogP contribution in [0.15, 0.2) is 12.2 Å². The quantitative estimate of drug-likeness (QED) is 0.795. The molecule has 1 amide bonds. The van der Waals surface area contributed by atoms with Gasteiger partial charge in [-0.05, 0) is 42.9 Å². The lowest BCUT2D eigenvalue weighted by Gasteiger charge is -2.45. The summed E-state index contributed by atoms with van der Waals surface area (Å²) >= 11 is 0. The Morgan fingerprint density at radius 3 is 2.00 bits per heavy atom. The zero-order valence-corrected chi connectivity index (χ0v) is 12.9. The number of likely N-dealkylation sites (tertiary alicyclic amines) is 1. The van der Waals surface area contributed by atoms with Crippen molar-refractivity contribution in [3.63, 3.8) is 0 Å². The number of amides is 1. The molecule has 4 rings (SSSR count). The number of carbonyl (C=O) groups excluding carboxylic acids is 1. The minimum absolute atomic E-state index is 0.0427. The molecule has 0 aromatic heterocycles. The van der Waals surface area contributed by atoms with Gasteiger partial charge in [0.05, 0.1) is 11.8 Å². The van der Waals surface area contributed by atoms with Crippen LogP contribution < -0.4 is 0 Å². The van der Waals surface area contributed by atoms with Crippen LogP contribution in [0.4, 0.5) is 0 Å². The van der Waals surface area contributed by atoms with Crippen LogP contribution >= 0.6 is 0 Å². The second-order valence-corrected chi connectivity index (χ2v) is 7.37. The number of piperidine rings is 1. The van der Waals surface area contributed by atoms with E-state index in [1.165, 1.54) is 0 Å². The first kappa shape index (κ1) is 14.6. The number of hydrogen-bond acceptors (Lipinski definition) is 2. The van der Waals surface area contributed by atoms with Gasteiger partial charge in [-0.2, -0.15) is 0 Å². The predicted octanol–water partition coefficient (Wildman–Crippen LogP) is 2.40. The Morgan fingerprint density at radius 1 is 1.00 bits per heavy atom. The van der Waals surface area contributed by atoms with E-state index in [1.807, 2.05) is 11.0 Å². The molecule has 4 heteroatoms. The van der Waals surface area contributed by atoms with Crippen molar-refractivity contribution in [1.29, 1.82) is 0 Å². The van der Waals surface area contributed by atoms with Crippen molar-refractivity contribution >= 4 is 11.9 Å². The largest absolute Gasteiger partial charge is 0.481 e. The third-order valence-corrected chi connectivity index (χ3v) is 5.50. The molecule has 6 unspecified atom stereocenters. The number of carboxylic acid groups (broad SMARTS) is 1. The Morgan fingerprint density at radius 2 is 1.52 bits per heavy atom. The van der Waals surface area contributed by atoms with Gasteiger partial charge in [-0.25, -0.2) is 0 Å². The number of aliphatic carboxylic acids is 1. The molecular weight excluding hydrogens is 266 g/mol. The summed E-state index contributed by atoms with van der Waals surface area (Å²) in [6, 6.07) is 0. The van der Waals surface area contributed by atoms with Crippen molar-refractivity contribution in [3.05, 3.63) is 12.2 Å². The van der Waals surface area contributed by atoms with E-state index in [4.69, 9.17) is 0 Å². The summed E-state index contributed by atoms with van der Waals surface area (Å²) < 4.78 is 0. The summed E-state index contributed by atoms with van der Waals surface area (Å²) in [5, 5.41) is 9.58. The molecule has 21 heavy (non-hydrogen) atoms. The molecule has 0 radical (unpaired) electrons. The first-order chi connectivity index (χ1) is 9.97. The van der Waals surface area contributed by atoms with Crippen LogP contribution in [0.5, 0.6) is 0 Å². The van der Waals surface area contributed by atoms with Gasteiger partial charge < -0.3 is 10.0 Å². The van der Waals surface area contributed by atoms with Gasteiger partial charge in [-0.1, -0.05) is 26.0 Å². The second-order valence-electron chi connectivity index (χ2n) is 7.37. The van der Waals surface area contributed by atoms with E-state index in [2.05, 4.69) is 19.9 Å². The van der Waals surface area contributed by atoms with Crippen LogP contribution in [0, 0.1) is 35.5 Å². The first-order valence-corrected chi connectivity index (χ1v) is 8.17. The molecule has 116 valence electrons. The van der Waals surface area contributed by atoms with E-state index in [1.54, 1.807) is 0 Å². The Bertz CT molecular complexity index is 463. The van der Waals surface area contributed by atoms with E-state index in [0.29, 0.717) is 11.8 Å². The van der Waals surface area contributed by atoms with Crippen molar-refractivity contribution in [3.8, 4) is 0 Å². The van der Waals surface area contributed by atoms with E-state index in [0.717, 1.165) is 32.4 Å². The average Bonchev–Trinajstić information content (AvgIpc) is 2.45. The molecule has 0 aromatic rings. The van der Waals surface area contributed by atoms with Crippen LogP contribution in [0.1, 0.15) is 33.1 Å². The molecule has 2 bridgehead atoms. The maximum atomic E-state index is 13.0. The highest BCUT2D eigenvalue weighted by atomic mass is 16.4. The zero-order valence-electron chi connectivity index (χ0n) is 12.9. The number of carbonyl (C=O) groups is 2. The molecule has 1 N–H and O–H groups in total. The van der Waals surface area contributed by atoms with Gasteiger partial charge in [0.15, 0.2) is 0 Å². The second kappa shape index (κ2) is 5.47. The normalized spacial score (nSPS) is 42.1. The van der Waals surface area contributed by atoms with Crippen molar-refractivity contribution in [1.82, 2.24) is 4.90 Å². The van der Waals surface area contributed by atoms with E-state index >= 15 is 0 Å². The smallest absolute Gasteiger partial charge is 0.307 e. The number of rotatable bonds is 2. The standard InChI is InChI=1S/C17H25NO3/c1-10-7-11(2)9-18(8-10)16(19)14-12-3-5-13(6-4-12)15(14)17(20)21/h3,5,10-15H,4,6-9H2,1-2H3,(H,20,21). The highest BCUT2D eigenvalue weighted by Gasteiger charge is 2.49. The number of allylic oxidation sites excluding steroid dienone is 2. The van der Waals surface area contributed by atoms with Gasteiger partial charge in [-0.3, -0.25) is 9.59 Å². The van der Waals surface area contributed by atoms with Gasteiger partial charge >= 0.3 is 5.97 Å². The molecule has 1 heterocycles. The maximum absolute atomic E-state index is 13.0. The minimum atomic E-state index is -0.800. The summed E-state index contributed by atoms with van der Waals surface area (Å²) in [6.07, 6.45) is 7.14. The summed E-state index contributed by atoms with van der Waals surface area (Å²) in [6.45, 7) is 5.93. The minimum Gasteiger partial charge on any atom is -0.481 e. The number of nitrogens with zero attached hydrogens (tertiary/aromatic N) is 1. The fourth-order valence-corrected chi connectivity index (χ4v) is 4.72. The highest BCUT2D eigenvalue weighted by Crippen LogP contribution is 2.46. The molecule has 0 aromatic carbocycles. The fraction of sp³-hybridized carbons (Fsp3) is 0.765. The third-order valence-electron chi connectivity index (χ3n) is 5.50. The molecule has 6 atom stereocenters. The lowest BCUT2D eigenvalue weighted by Crippen LogP contribution is -2.53. The van der Waals surface area contributed by atoms with Crippen LogP contribution in [0.25, 0.3) is 0 Å². The molecular formula is C17H25NO3. The lowest BCUT2D eigenvalue weighted by atomic mass is 9.61. The molecule has 2 fully saturated rings. The zero-order chi connectivity index (χ0) is 15.1. The van der Waals surface area contributed by atoms with Crippen molar-refractivity contribution < 1.29 is 14.7 Å². The lowest BCUT2D eigenvalue weighted by molar-refractivity contribution is -0.158. The molecule has 1 saturated carbocycles. The summed E-state index contributed by atoms with van der Waals surface area (Å²) in [5.41, 5.74) is 0. The van der Waals surface area contributed by atoms with Gasteiger partial charge in [0.2, 0.25) is 5.91 Å². The predicted molar refractivity (Wildman–Crippen MR) is 79.5 cm³/mol. The van der Waals surface area contributed by atoms with Crippen LogP contribution in [0.2, 0.25) is 0 Å². The van der Waals surface area contributed by atoms with Crippen LogP contribution in [-0.4, -0.2) is 35.0 Å². The number of fused-ring (bicyclic) bond motifs is 2. The van der Waals surface area contributed by atoms with Gasteiger partial charge in [0.1, 0.15) is 0 Å². The Hall–Kier alpha value is -1.32. The van der Waals surface area contributed by atoms with Crippen molar-refractivity contribution in [2.45, 2.75) is 33.1 Å². The van der Waals surface area contributed by atoms with E-state index in [-0.39, 0.29) is 23.7 Å². The Labute approximate surface area is 126 Å². The SMILES string of the molecule is CC1CC(C)CN(C(=O)C2C3C=CC(CC3)C2C(=O)O)C1. The Balaban J connectivity index is 1.82. The molecule has 4 aliphatic rings. The topological polar surface area (TPSA) is 57.6 Å². The molecule has 3 aliphatic carbocycles. The fourth-order valence-electron chi connectivity index (χ4n) is 4.72. The van der Waals surface area contributed by atoms with Crippen molar-refractivity contribution in [2.24, 2.45) is 35.5 Å².